The van der Waals surface area contributed by atoms with Crippen LogP contribution in [0.5, 0.6) is 0 Å². The number of hydrogen-bond acceptors (Lipinski definition) is 3. The maximum absolute atomic E-state index is 5.90. The Balaban J connectivity index is 2.39. The van der Waals surface area contributed by atoms with Crippen LogP contribution in [0.1, 0.15) is 0 Å². The maximum atomic E-state index is 5.90. The topological polar surface area (TPSA) is 24.9 Å². The van der Waals surface area contributed by atoms with Crippen molar-refractivity contribution < 1.29 is 0 Å². The van der Waals surface area contributed by atoms with Crippen molar-refractivity contribution >= 4 is 28.8 Å². The Morgan fingerprint density at radius 2 is 2.29 bits per heavy atom. The minimum Gasteiger partial charge on any atom is -0.372 e. The molecule has 0 unspecified atom stereocenters. The molecule has 1 aromatic carbocycles. The molecular formula is C10H9ClN2S. The SMILES string of the molecule is CNc1csc(-c2cccc(Cl)c2)n1. The van der Waals surface area contributed by atoms with Crippen LogP contribution in [-0.2, 0) is 0 Å². The van der Waals surface area contributed by atoms with Gasteiger partial charge < -0.3 is 5.32 Å². The first-order valence-corrected chi connectivity index (χ1v) is 5.44. The number of halogens is 1. The van der Waals surface area contributed by atoms with E-state index in [0.717, 1.165) is 21.4 Å². The van der Waals surface area contributed by atoms with Crippen LogP contribution >= 0.6 is 22.9 Å². The number of anilines is 1. The van der Waals surface area contributed by atoms with Gasteiger partial charge in [0.1, 0.15) is 10.8 Å². The molecule has 1 heterocycles. The summed E-state index contributed by atoms with van der Waals surface area (Å²) in [6.07, 6.45) is 0. The van der Waals surface area contributed by atoms with Crippen molar-refractivity contribution in [2.24, 2.45) is 0 Å². The van der Waals surface area contributed by atoms with Crippen molar-refractivity contribution in [3.63, 3.8) is 0 Å². The van der Waals surface area contributed by atoms with Gasteiger partial charge in [-0.2, -0.15) is 0 Å². The number of aromatic nitrogens is 1. The molecule has 1 N–H and O–H groups in total. The van der Waals surface area contributed by atoms with Crippen LogP contribution < -0.4 is 5.32 Å². The summed E-state index contributed by atoms with van der Waals surface area (Å²) >= 11 is 7.50. The highest BCUT2D eigenvalue weighted by Crippen LogP contribution is 2.27. The Morgan fingerprint density at radius 1 is 1.43 bits per heavy atom. The summed E-state index contributed by atoms with van der Waals surface area (Å²) in [5, 5.41) is 6.70. The Labute approximate surface area is 91.6 Å². The van der Waals surface area contributed by atoms with E-state index < -0.39 is 0 Å². The highest BCUT2D eigenvalue weighted by Gasteiger charge is 2.03. The fourth-order valence-corrected chi connectivity index (χ4v) is 2.14. The lowest BCUT2D eigenvalue weighted by molar-refractivity contribution is 1.35. The summed E-state index contributed by atoms with van der Waals surface area (Å²) in [5.41, 5.74) is 1.06. The zero-order valence-corrected chi connectivity index (χ0v) is 9.19. The Hall–Kier alpha value is -1.06. The first-order valence-electron chi connectivity index (χ1n) is 4.19. The van der Waals surface area contributed by atoms with Crippen molar-refractivity contribution in [3.05, 3.63) is 34.7 Å². The summed E-state index contributed by atoms with van der Waals surface area (Å²) in [5.74, 6) is 0.893. The molecule has 1 aromatic heterocycles. The maximum Gasteiger partial charge on any atom is 0.137 e. The standard InChI is InChI=1S/C10H9ClN2S/c1-12-9-6-14-10(13-9)7-3-2-4-8(11)5-7/h2-6,12H,1H3. The van der Waals surface area contributed by atoms with E-state index in [0.29, 0.717) is 0 Å². The second kappa shape index (κ2) is 3.98. The first kappa shape index (κ1) is 9.49. The molecule has 0 spiro atoms. The van der Waals surface area contributed by atoms with Gasteiger partial charge in [0.15, 0.2) is 0 Å². The average Bonchev–Trinajstić information content (AvgIpc) is 2.66. The second-order valence-electron chi connectivity index (χ2n) is 2.80. The van der Waals surface area contributed by atoms with Crippen LogP contribution in [-0.4, -0.2) is 12.0 Å². The van der Waals surface area contributed by atoms with Crippen LogP contribution in [0.25, 0.3) is 10.6 Å². The van der Waals surface area contributed by atoms with E-state index in [4.69, 9.17) is 11.6 Å². The number of rotatable bonds is 2. The molecular weight excluding hydrogens is 216 g/mol. The third-order valence-corrected chi connectivity index (χ3v) is 2.96. The molecule has 2 rings (SSSR count). The van der Waals surface area contributed by atoms with Crippen molar-refractivity contribution in [2.75, 3.05) is 12.4 Å². The average molecular weight is 225 g/mol. The fourth-order valence-electron chi connectivity index (χ4n) is 1.14. The Kier molecular flexibility index (Phi) is 2.70. The molecule has 0 saturated carbocycles. The van der Waals surface area contributed by atoms with Gasteiger partial charge in [-0.1, -0.05) is 23.7 Å². The molecule has 72 valence electrons. The van der Waals surface area contributed by atoms with Crippen molar-refractivity contribution in [1.29, 1.82) is 0 Å². The van der Waals surface area contributed by atoms with Crippen molar-refractivity contribution in [2.45, 2.75) is 0 Å². The molecule has 0 radical (unpaired) electrons. The molecule has 4 heteroatoms. The molecule has 2 nitrogen and oxygen atoms in total. The largest absolute Gasteiger partial charge is 0.372 e. The van der Waals surface area contributed by atoms with Crippen LogP contribution in [0.15, 0.2) is 29.6 Å². The molecule has 2 aromatic rings. The van der Waals surface area contributed by atoms with Gasteiger partial charge in [-0.15, -0.1) is 11.3 Å². The first-order chi connectivity index (χ1) is 6.79. The van der Waals surface area contributed by atoms with Gasteiger partial charge in [0.2, 0.25) is 0 Å². The smallest absolute Gasteiger partial charge is 0.137 e. The fraction of sp³-hybridized carbons (Fsp3) is 0.100. The van der Waals surface area contributed by atoms with E-state index >= 15 is 0 Å². The van der Waals surface area contributed by atoms with Crippen LogP contribution in [0.3, 0.4) is 0 Å². The molecule has 0 saturated heterocycles. The predicted octanol–water partition coefficient (Wildman–Crippen LogP) is 3.51. The van der Waals surface area contributed by atoms with Gasteiger partial charge in [-0.25, -0.2) is 4.98 Å². The Morgan fingerprint density at radius 3 is 2.93 bits per heavy atom. The van der Waals surface area contributed by atoms with Crippen molar-refractivity contribution in [3.8, 4) is 10.6 Å². The van der Waals surface area contributed by atoms with Gasteiger partial charge in [0, 0.05) is 23.0 Å². The highest BCUT2D eigenvalue weighted by atomic mass is 35.5. The van der Waals surface area contributed by atoms with Crippen molar-refractivity contribution in [1.82, 2.24) is 4.98 Å². The van der Waals surface area contributed by atoms with Gasteiger partial charge in [-0.3, -0.25) is 0 Å². The van der Waals surface area contributed by atoms with Gasteiger partial charge in [0.05, 0.1) is 0 Å². The molecule has 0 fully saturated rings. The molecule has 0 aliphatic carbocycles. The minimum absolute atomic E-state index is 0.740. The number of hydrogen-bond donors (Lipinski definition) is 1. The summed E-state index contributed by atoms with van der Waals surface area (Å²) in [4.78, 5) is 4.39. The van der Waals surface area contributed by atoms with Crippen LogP contribution in [0.2, 0.25) is 5.02 Å². The molecule has 0 amide bonds. The quantitative estimate of drug-likeness (QED) is 0.845. The van der Waals surface area contributed by atoms with Gasteiger partial charge in [-0.05, 0) is 12.1 Å². The number of thiazole rings is 1. The lowest BCUT2D eigenvalue weighted by Crippen LogP contribution is -1.86. The van der Waals surface area contributed by atoms with Crippen LogP contribution in [0.4, 0.5) is 5.82 Å². The zero-order valence-electron chi connectivity index (χ0n) is 7.62. The zero-order chi connectivity index (χ0) is 9.97. The van der Waals surface area contributed by atoms with E-state index in [2.05, 4.69) is 10.3 Å². The normalized spacial score (nSPS) is 10.1. The lowest BCUT2D eigenvalue weighted by Gasteiger charge is -1.96. The van der Waals surface area contributed by atoms with E-state index in [-0.39, 0.29) is 0 Å². The number of nitrogens with zero attached hydrogens (tertiary/aromatic N) is 1. The summed E-state index contributed by atoms with van der Waals surface area (Å²) in [6, 6.07) is 7.71. The predicted molar refractivity (Wildman–Crippen MR) is 62.1 cm³/mol. The second-order valence-corrected chi connectivity index (χ2v) is 4.09. The lowest BCUT2D eigenvalue weighted by atomic mass is 10.2. The molecule has 0 atom stereocenters. The highest BCUT2D eigenvalue weighted by molar-refractivity contribution is 7.13. The van der Waals surface area contributed by atoms with Crippen LogP contribution in [0, 0.1) is 0 Å². The third-order valence-electron chi connectivity index (χ3n) is 1.83. The molecule has 0 aliphatic rings. The monoisotopic (exact) mass is 224 g/mol. The van der Waals surface area contributed by atoms with Gasteiger partial charge >= 0.3 is 0 Å². The number of nitrogens with one attached hydrogen (secondary N) is 1. The van der Waals surface area contributed by atoms with E-state index in [9.17, 15) is 0 Å². The third kappa shape index (κ3) is 1.89. The molecule has 0 aliphatic heterocycles. The van der Waals surface area contributed by atoms with Gasteiger partial charge in [0.25, 0.3) is 0 Å². The molecule has 0 bridgehead atoms. The van der Waals surface area contributed by atoms with E-state index in [1.165, 1.54) is 0 Å². The molecule has 14 heavy (non-hydrogen) atoms. The summed E-state index contributed by atoms with van der Waals surface area (Å²) < 4.78 is 0. The van der Waals surface area contributed by atoms with E-state index in [1.54, 1.807) is 11.3 Å². The minimum atomic E-state index is 0.740. The number of benzene rings is 1. The summed E-state index contributed by atoms with van der Waals surface area (Å²) in [7, 11) is 1.86. The van der Waals surface area contributed by atoms with E-state index in [1.807, 2.05) is 36.7 Å². The summed E-state index contributed by atoms with van der Waals surface area (Å²) in [6.45, 7) is 0. The Bertz CT molecular complexity index is 439.